The molecule has 0 bridgehead atoms. The molecular formula is C27H42N4O4S. The molecule has 0 radical (unpaired) electrons. The quantitative estimate of drug-likeness (QED) is 0.176. The zero-order valence-electron chi connectivity index (χ0n) is 21.7. The Morgan fingerprint density at radius 3 is 2.31 bits per heavy atom. The van der Waals surface area contributed by atoms with Gasteiger partial charge in [0, 0.05) is 19.5 Å². The van der Waals surface area contributed by atoms with Gasteiger partial charge in [0.15, 0.2) is 5.13 Å². The number of benzene rings is 1. The molecular weight excluding hydrogens is 476 g/mol. The Morgan fingerprint density at radius 1 is 0.944 bits per heavy atom. The molecule has 0 saturated carbocycles. The highest BCUT2D eigenvalue weighted by molar-refractivity contribution is 7.22. The first-order valence-corrected chi connectivity index (χ1v) is 14.2. The normalized spacial score (nSPS) is 11.8. The number of fused-ring (bicyclic) bond motifs is 1. The van der Waals surface area contributed by atoms with Crippen LogP contribution in [0.4, 0.5) is 5.13 Å². The fourth-order valence-corrected chi connectivity index (χ4v) is 4.84. The molecule has 2 rings (SSSR count). The predicted octanol–water partition coefficient (Wildman–Crippen LogP) is 5.73. The summed E-state index contributed by atoms with van der Waals surface area (Å²) in [7, 11) is 0. The monoisotopic (exact) mass is 518 g/mol. The molecule has 0 aliphatic carbocycles. The Kier molecular flexibility index (Phi) is 13.9. The van der Waals surface area contributed by atoms with E-state index in [1.54, 1.807) is 12.1 Å². The van der Waals surface area contributed by atoms with Gasteiger partial charge in [0.2, 0.25) is 11.8 Å². The van der Waals surface area contributed by atoms with Gasteiger partial charge in [-0.05, 0) is 31.0 Å². The van der Waals surface area contributed by atoms with E-state index in [2.05, 4.69) is 34.8 Å². The van der Waals surface area contributed by atoms with Crippen molar-refractivity contribution in [3.8, 4) is 0 Å². The van der Waals surface area contributed by atoms with Crippen molar-refractivity contribution in [2.75, 3.05) is 18.4 Å². The van der Waals surface area contributed by atoms with Crippen molar-refractivity contribution >= 4 is 44.5 Å². The maximum absolute atomic E-state index is 12.9. The summed E-state index contributed by atoms with van der Waals surface area (Å²) in [6.07, 6.45) is 12.6. The molecule has 2 amide bonds. The fourth-order valence-electron chi connectivity index (χ4n) is 3.93. The van der Waals surface area contributed by atoms with Gasteiger partial charge in [0.05, 0.1) is 15.8 Å². The average molecular weight is 519 g/mol. The number of unbranched alkanes of at least 4 members (excludes halogenated alkanes) is 9. The van der Waals surface area contributed by atoms with Crippen LogP contribution in [-0.4, -0.2) is 47.0 Å². The molecule has 2 aromatic rings. The summed E-state index contributed by atoms with van der Waals surface area (Å²) in [5.74, 6) is -1.31. The number of nitrogens with zero attached hydrogens (tertiary/aromatic N) is 1. The van der Waals surface area contributed by atoms with E-state index in [0.717, 1.165) is 49.6 Å². The third-order valence-corrected chi connectivity index (χ3v) is 7.06. The Hall–Kier alpha value is -2.68. The van der Waals surface area contributed by atoms with Gasteiger partial charge < -0.3 is 21.1 Å². The van der Waals surface area contributed by atoms with Crippen molar-refractivity contribution < 1.29 is 19.5 Å². The fraction of sp³-hybridized carbons (Fsp3) is 0.630. The SMILES string of the molecule is CCCCCCCCCC(=O)N[C@@H](CNc1nc2ccc(C(=O)O)cc2s1)C(=O)NCCCCCC. The van der Waals surface area contributed by atoms with Crippen molar-refractivity contribution in [2.24, 2.45) is 0 Å². The smallest absolute Gasteiger partial charge is 0.335 e. The third kappa shape index (κ3) is 10.9. The van der Waals surface area contributed by atoms with E-state index in [9.17, 15) is 19.5 Å². The first-order chi connectivity index (χ1) is 17.4. The molecule has 36 heavy (non-hydrogen) atoms. The lowest BCUT2D eigenvalue weighted by Gasteiger charge is -2.19. The first kappa shape index (κ1) is 29.5. The van der Waals surface area contributed by atoms with E-state index in [0.29, 0.717) is 23.6 Å². The number of aromatic carboxylic acids is 1. The second-order valence-corrected chi connectivity index (χ2v) is 10.3. The van der Waals surface area contributed by atoms with Crippen LogP contribution >= 0.6 is 11.3 Å². The molecule has 0 aliphatic rings. The van der Waals surface area contributed by atoms with Crippen molar-refractivity contribution in [2.45, 2.75) is 96.9 Å². The lowest BCUT2D eigenvalue weighted by molar-refractivity contribution is -0.128. The van der Waals surface area contributed by atoms with Gasteiger partial charge in [-0.1, -0.05) is 83.0 Å². The number of carboxylic acids is 1. The number of aromatic nitrogens is 1. The largest absolute Gasteiger partial charge is 0.478 e. The van der Waals surface area contributed by atoms with Crippen LogP contribution in [-0.2, 0) is 9.59 Å². The first-order valence-electron chi connectivity index (χ1n) is 13.4. The van der Waals surface area contributed by atoms with E-state index in [4.69, 9.17) is 0 Å². The third-order valence-electron chi connectivity index (χ3n) is 6.08. The molecule has 1 heterocycles. The Labute approximate surface area is 218 Å². The van der Waals surface area contributed by atoms with E-state index in [-0.39, 0.29) is 23.9 Å². The predicted molar refractivity (Wildman–Crippen MR) is 147 cm³/mol. The van der Waals surface area contributed by atoms with Crippen LogP contribution < -0.4 is 16.0 Å². The zero-order valence-corrected chi connectivity index (χ0v) is 22.6. The number of nitrogens with one attached hydrogen (secondary N) is 3. The van der Waals surface area contributed by atoms with Gasteiger partial charge in [-0.2, -0.15) is 0 Å². The summed E-state index contributed by atoms with van der Waals surface area (Å²) < 4.78 is 0.747. The standard InChI is InChI=1S/C27H42N4O4S/c1-3-5-7-9-10-11-12-14-24(32)30-22(25(33)28-17-13-8-6-4-2)19-29-27-31-21-16-15-20(26(34)35)18-23(21)36-27/h15-16,18,22H,3-14,17,19H2,1-2H3,(H,28,33)(H,29,31)(H,30,32)(H,34,35)/t22-/m0/s1. The summed E-state index contributed by atoms with van der Waals surface area (Å²) in [6.45, 7) is 5.13. The van der Waals surface area contributed by atoms with Crippen molar-refractivity contribution in [3.05, 3.63) is 23.8 Å². The summed E-state index contributed by atoms with van der Waals surface area (Å²) in [6, 6.07) is 4.07. The highest BCUT2D eigenvalue weighted by atomic mass is 32.1. The van der Waals surface area contributed by atoms with Gasteiger partial charge >= 0.3 is 5.97 Å². The summed E-state index contributed by atoms with van der Waals surface area (Å²) in [5, 5.41) is 18.8. The van der Waals surface area contributed by atoms with Crippen molar-refractivity contribution in [3.63, 3.8) is 0 Å². The van der Waals surface area contributed by atoms with Gasteiger partial charge in [-0.25, -0.2) is 9.78 Å². The molecule has 0 aliphatic heterocycles. The molecule has 200 valence electrons. The van der Waals surface area contributed by atoms with Crippen LogP contribution in [0.1, 0.15) is 101 Å². The molecule has 9 heteroatoms. The van der Waals surface area contributed by atoms with Crippen LogP contribution in [0.5, 0.6) is 0 Å². The number of hydrogen-bond donors (Lipinski definition) is 4. The Morgan fingerprint density at radius 2 is 1.61 bits per heavy atom. The maximum atomic E-state index is 12.9. The minimum atomic E-state index is -0.987. The number of hydrogen-bond acceptors (Lipinski definition) is 6. The molecule has 0 fully saturated rings. The van der Waals surface area contributed by atoms with Crippen LogP contribution in [0.25, 0.3) is 10.2 Å². The molecule has 8 nitrogen and oxygen atoms in total. The maximum Gasteiger partial charge on any atom is 0.335 e. The summed E-state index contributed by atoms with van der Waals surface area (Å²) in [5.41, 5.74) is 0.892. The topological polar surface area (TPSA) is 120 Å². The van der Waals surface area contributed by atoms with E-state index < -0.39 is 12.0 Å². The number of amides is 2. The zero-order chi connectivity index (χ0) is 26.2. The Bertz CT molecular complexity index is 962. The molecule has 0 unspecified atom stereocenters. The van der Waals surface area contributed by atoms with Gasteiger partial charge in [-0.3, -0.25) is 9.59 Å². The summed E-state index contributed by atoms with van der Waals surface area (Å²) >= 11 is 1.32. The highest BCUT2D eigenvalue weighted by Gasteiger charge is 2.21. The van der Waals surface area contributed by atoms with Crippen LogP contribution in [0.15, 0.2) is 18.2 Å². The van der Waals surface area contributed by atoms with Gasteiger partial charge in [0.25, 0.3) is 0 Å². The van der Waals surface area contributed by atoms with E-state index >= 15 is 0 Å². The van der Waals surface area contributed by atoms with E-state index in [1.807, 2.05) is 0 Å². The van der Waals surface area contributed by atoms with Crippen LogP contribution in [0.2, 0.25) is 0 Å². The molecule has 1 atom stereocenters. The average Bonchev–Trinajstić information content (AvgIpc) is 3.27. The van der Waals surface area contributed by atoms with Crippen molar-refractivity contribution in [1.29, 1.82) is 0 Å². The molecule has 1 aromatic heterocycles. The van der Waals surface area contributed by atoms with Gasteiger partial charge in [0.1, 0.15) is 6.04 Å². The second kappa shape index (κ2) is 16.9. The van der Waals surface area contributed by atoms with E-state index in [1.165, 1.54) is 43.1 Å². The number of carboxylic acid groups (broad SMARTS) is 1. The van der Waals surface area contributed by atoms with Crippen LogP contribution in [0, 0.1) is 0 Å². The minimum absolute atomic E-state index is 0.119. The number of carbonyl (C=O) groups excluding carboxylic acids is 2. The lowest BCUT2D eigenvalue weighted by atomic mass is 10.1. The summed E-state index contributed by atoms with van der Waals surface area (Å²) in [4.78, 5) is 41.1. The van der Waals surface area contributed by atoms with Crippen molar-refractivity contribution in [1.82, 2.24) is 15.6 Å². The molecule has 1 aromatic carbocycles. The minimum Gasteiger partial charge on any atom is -0.478 e. The highest BCUT2D eigenvalue weighted by Crippen LogP contribution is 2.26. The second-order valence-electron chi connectivity index (χ2n) is 9.23. The molecule has 4 N–H and O–H groups in total. The lowest BCUT2D eigenvalue weighted by Crippen LogP contribution is -2.50. The number of thiazole rings is 1. The number of rotatable bonds is 19. The molecule has 0 saturated heterocycles. The van der Waals surface area contributed by atoms with Crippen LogP contribution in [0.3, 0.4) is 0 Å². The Balaban J connectivity index is 1.90. The number of carbonyl (C=O) groups is 3. The molecule has 0 spiro atoms. The number of anilines is 1. The van der Waals surface area contributed by atoms with Gasteiger partial charge in [-0.15, -0.1) is 0 Å².